The molecule has 0 spiro atoms. The molecule has 1 heterocycles. The molecule has 1 rings (SSSR count). The quantitative estimate of drug-likeness (QED) is 0.760. The fourth-order valence-corrected chi connectivity index (χ4v) is 1.57. The molecular formula is C12H18ClN3O. The van der Waals surface area contributed by atoms with Crippen LogP contribution in [0.3, 0.4) is 0 Å². The number of nitrogens with one attached hydrogen (secondary N) is 1. The predicted octanol–water partition coefficient (Wildman–Crippen LogP) is 3.43. The van der Waals surface area contributed by atoms with Crippen LogP contribution >= 0.6 is 11.6 Å². The number of rotatable bonds is 7. The topological polar surface area (TPSA) is 54.9 Å². The first kappa shape index (κ1) is 13.9. The van der Waals surface area contributed by atoms with Gasteiger partial charge in [0.05, 0.1) is 12.4 Å². The summed E-state index contributed by atoms with van der Waals surface area (Å²) in [5, 5.41) is 3.01. The fraction of sp³-hybridized carbons (Fsp3) is 0.583. The van der Waals surface area contributed by atoms with Gasteiger partial charge in [0.2, 0.25) is 5.91 Å². The van der Waals surface area contributed by atoms with Gasteiger partial charge in [0.25, 0.3) is 0 Å². The number of aromatic nitrogens is 2. The van der Waals surface area contributed by atoms with Gasteiger partial charge in [0.15, 0.2) is 5.82 Å². The molecule has 0 unspecified atom stereocenters. The van der Waals surface area contributed by atoms with Crippen molar-refractivity contribution in [2.24, 2.45) is 0 Å². The Hall–Kier alpha value is -1.16. The van der Waals surface area contributed by atoms with Crippen LogP contribution < -0.4 is 5.32 Å². The molecule has 5 heteroatoms. The average molecular weight is 256 g/mol. The Morgan fingerprint density at radius 3 is 2.65 bits per heavy atom. The van der Waals surface area contributed by atoms with E-state index < -0.39 is 0 Å². The summed E-state index contributed by atoms with van der Waals surface area (Å²) in [6.07, 6.45) is 9.09. The maximum Gasteiger partial charge on any atom is 0.225 e. The SMILES string of the molecule is CCCCCCCC(=O)Nc1cnc(Cl)cn1. The molecule has 1 amide bonds. The molecule has 0 saturated heterocycles. The Bertz CT molecular complexity index is 340. The average Bonchev–Trinajstić information content (AvgIpc) is 2.32. The molecule has 17 heavy (non-hydrogen) atoms. The summed E-state index contributed by atoms with van der Waals surface area (Å²) >= 11 is 5.59. The number of nitrogens with zero attached hydrogens (tertiary/aromatic N) is 2. The van der Waals surface area contributed by atoms with Crippen molar-refractivity contribution in [3.8, 4) is 0 Å². The van der Waals surface area contributed by atoms with Gasteiger partial charge in [-0.1, -0.05) is 44.2 Å². The Balaban J connectivity index is 2.18. The van der Waals surface area contributed by atoms with Crippen molar-refractivity contribution < 1.29 is 4.79 Å². The van der Waals surface area contributed by atoms with Gasteiger partial charge < -0.3 is 5.32 Å². The van der Waals surface area contributed by atoms with Gasteiger partial charge in [-0.15, -0.1) is 0 Å². The Labute approximate surface area is 107 Å². The third-order valence-corrected chi connectivity index (χ3v) is 2.59. The molecule has 94 valence electrons. The number of hydrogen-bond acceptors (Lipinski definition) is 3. The molecule has 0 aliphatic heterocycles. The highest BCUT2D eigenvalue weighted by molar-refractivity contribution is 6.29. The molecule has 1 aromatic heterocycles. The lowest BCUT2D eigenvalue weighted by Crippen LogP contribution is -2.12. The minimum Gasteiger partial charge on any atom is -0.309 e. The van der Waals surface area contributed by atoms with E-state index in [1.807, 2.05) is 0 Å². The highest BCUT2D eigenvalue weighted by Gasteiger charge is 2.03. The summed E-state index contributed by atoms with van der Waals surface area (Å²) in [4.78, 5) is 19.3. The van der Waals surface area contributed by atoms with E-state index in [1.165, 1.54) is 31.7 Å². The van der Waals surface area contributed by atoms with E-state index in [9.17, 15) is 4.79 Å². The van der Waals surface area contributed by atoms with Crippen molar-refractivity contribution in [1.82, 2.24) is 9.97 Å². The second kappa shape index (κ2) is 8.01. The van der Waals surface area contributed by atoms with Gasteiger partial charge in [-0.05, 0) is 6.42 Å². The van der Waals surface area contributed by atoms with Crippen molar-refractivity contribution >= 4 is 23.3 Å². The number of carbonyl (C=O) groups is 1. The molecule has 0 atom stereocenters. The summed E-state index contributed by atoms with van der Waals surface area (Å²) in [6, 6.07) is 0. The molecule has 0 aromatic carbocycles. The van der Waals surface area contributed by atoms with Crippen LogP contribution in [-0.2, 0) is 4.79 Å². The summed E-state index contributed by atoms with van der Waals surface area (Å²) < 4.78 is 0. The van der Waals surface area contributed by atoms with E-state index in [4.69, 9.17) is 11.6 Å². The monoisotopic (exact) mass is 255 g/mol. The summed E-state index contributed by atoms with van der Waals surface area (Å²) in [5.74, 6) is 0.436. The van der Waals surface area contributed by atoms with Crippen LogP contribution in [-0.4, -0.2) is 15.9 Å². The molecule has 1 N–H and O–H groups in total. The lowest BCUT2D eigenvalue weighted by molar-refractivity contribution is -0.116. The van der Waals surface area contributed by atoms with Crippen molar-refractivity contribution in [2.75, 3.05) is 5.32 Å². The number of amides is 1. The number of hydrogen-bond donors (Lipinski definition) is 1. The summed E-state index contributed by atoms with van der Waals surface area (Å²) in [5.41, 5.74) is 0. The van der Waals surface area contributed by atoms with Crippen LogP contribution in [0.5, 0.6) is 0 Å². The molecule has 0 aliphatic rings. The largest absolute Gasteiger partial charge is 0.309 e. The minimum atomic E-state index is -0.0156. The molecular weight excluding hydrogens is 238 g/mol. The van der Waals surface area contributed by atoms with Crippen molar-refractivity contribution in [1.29, 1.82) is 0 Å². The van der Waals surface area contributed by atoms with Crippen molar-refractivity contribution in [3.05, 3.63) is 17.5 Å². The first-order chi connectivity index (χ1) is 8.22. The van der Waals surface area contributed by atoms with E-state index in [2.05, 4.69) is 22.2 Å². The summed E-state index contributed by atoms with van der Waals surface area (Å²) in [7, 11) is 0. The van der Waals surface area contributed by atoms with Crippen LogP contribution in [0.1, 0.15) is 45.4 Å². The van der Waals surface area contributed by atoms with Crippen LogP contribution in [0.15, 0.2) is 12.4 Å². The third kappa shape index (κ3) is 6.22. The van der Waals surface area contributed by atoms with Gasteiger partial charge in [-0.25, -0.2) is 9.97 Å². The van der Waals surface area contributed by atoms with E-state index >= 15 is 0 Å². The molecule has 1 aromatic rings. The number of halogens is 1. The van der Waals surface area contributed by atoms with Gasteiger partial charge in [0.1, 0.15) is 5.15 Å². The van der Waals surface area contributed by atoms with Crippen LogP contribution in [0, 0.1) is 0 Å². The lowest BCUT2D eigenvalue weighted by Gasteiger charge is -2.03. The van der Waals surface area contributed by atoms with Crippen molar-refractivity contribution in [3.63, 3.8) is 0 Å². The first-order valence-electron chi connectivity index (χ1n) is 5.99. The van der Waals surface area contributed by atoms with Gasteiger partial charge in [-0.3, -0.25) is 4.79 Å². The Morgan fingerprint density at radius 1 is 1.24 bits per heavy atom. The normalized spacial score (nSPS) is 10.2. The zero-order valence-corrected chi connectivity index (χ0v) is 10.8. The zero-order valence-electron chi connectivity index (χ0n) is 10.1. The number of carbonyl (C=O) groups excluding carboxylic acids is 1. The van der Waals surface area contributed by atoms with Crippen LogP contribution in [0.4, 0.5) is 5.82 Å². The van der Waals surface area contributed by atoms with Crippen molar-refractivity contribution in [2.45, 2.75) is 45.4 Å². The van der Waals surface area contributed by atoms with Crippen LogP contribution in [0.2, 0.25) is 5.15 Å². The smallest absolute Gasteiger partial charge is 0.225 e. The van der Waals surface area contributed by atoms with E-state index in [0.717, 1.165) is 12.8 Å². The third-order valence-electron chi connectivity index (χ3n) is 2.40. The maximum absolute atomic E-state index is 11.5. The van der Waals surface area contributed by atoms with E-state index in [-0.39, 0.29) is 5.91 Å². The van der Waals surface area contributed by atoms with E-state index in [0.29, 0.717) is 17.4 Å². The lowest BCUT2D eigenvalue weighted by atomic mass is 10.1. The second-order valence-electron chi connectivity index (χ2n) is 3.94. The highest BCUT2D eigenvalue weighted by Crippen LogP contribution is 2.08. The zero-order chi connectivity index (χ0) is 12.5. The fourth-order valence-electron chi connectivity index (χ4n) is 1.47. The highest BCUT2D eigenvalue weighted by atomic mass is 35.5. The standard InChI is InChI=1S/C12H18ClN3O/c1-2-3-4-5-6-7-12(17)16-11-9-14-10(13)8-15-11/h8-9H,2-7H2,1H3,(H,15,16,17). The van der Waals surface area contributed by atoms with Crippen LogP contribution in [0.25, 0.3) is 0 Å². The number of unbranched alkanes of at least 4 members (excludes halogenated alkanes) is 4. The number of anilines is 1. The predicted molar refractivity (Wildman–Crippen MR) is 69.0 cm³/mol. The van der Waals surface area contributed by atoms with Gasteiger partial charge in [0, 0.05) is 6.42 Å². The second-order valence-corrected chi connectivity index (χ2v) is 4.32. The van der Waals surface area contributed by atoms with E-state index in [1.54, 1.807) is 0 Å². The molecule has 4 nitrogen and oxygen atoms in total. The Kier molecular flexibility index (Phi) is 6.55. The first-order valence-corrected chi connectivity index (χ1v) is 6.37. The molecule has 0 radical (unpaired) electrons. The van der Waals surface area contributed by atoms with Gasteiger partial charge >= 0.3 is 0 Å². The summed E-state index contributed by atoms with van der Waals surface area (Å²) in [6.45, 7) is 2.17. The molecule has 0 fully saturated rings. The molecule has 0 bridgehead atoms. The molecule has 0 aliphatic carbocycles. The Morgan fingerprint density at radius 2 is 2.00 bits per heavy atom. The molecule has 0 saturated carbocycles. The minimum absolute atomic E-state index is 0.0156. The van der Waals surface area contributed by atoms with Gasteiger partial charge in [-0.2, -0.15) is 0 Å². The maximum atomic E-state index is 11.5.